The summed E-state index contributed by atoms with van der Waals surface area (Å²) in [6, 6.07) is 8.86. The largest absolute Gasteiger partial charge is 0.491 e. The fraction of sp³-hybridized carbons (Fsp3) is 0.385. The minimum atomic E-state index is -0.927. The van der Waals surface area contributed by atoms with Crippen LogP contribution < -0.4 is 4.74 Å². The molecular weight excluding hydrogens is 234 g/mol. The van der Waals surface area contributed by atoms with Gasteiger partial charge in [0.1, 0.15) is 12.4 Å². The first-order chi connectivity index (χ1) is 8.69. The summed E-state index contributed by atoms with van der Waals surface area (Å²) in [5.41, 5.74) is 0.531. The number of ether oxygens (including phenoxy) is 2. The Morgan fingerprint density at radius 1 is 1.56 bits per heavy atom. The summed E-state index contributed by atoms with van der Waals surface area (Å²) in [6.07, 6.45) is 0.275. The highest BCUT2D eigenvalue weighted by Gasteiger charge is 2.30. The van der Waals surface area contributed by atoms with E-state index in [9.17, 15) is 4.79 Å². The molecule has 0 saturated carbocycles. The van der Waals surface area contributed by atoms with Crippen molar-refractivity contribution in [3.8, 4) is 11.8 Å². The highest BCUT2D eigenvalue weighted by molar-refractivity contribution is 5.72. The van der Waals surface area contributed by atoms with E-state index in [4.69, 9.17) is 19.8 Å². The molecule has 18 heavy (non-hydrogen) atoms. The van der Waals surface area contributed by atoms with E-state index in [2.05, 4.69) is 0 Å². The van der Waals surface area contributed by atoms with E-state index in [-0.39, 0.29) is 6.10 Å². The zero-order chi connectivity index (χ0) is 13.0. The van der Waals surface area contributed by atoms with Crippen molar-refractivity contribution in [2.24, 2.45) is 0 Å². The van der Waals surface area contributed by atoms with Crippen molar-refractivity contribution in [3.63, 3.8) is 0 Å². The van der Waals surface area contributed by atoms with E-state index < -0.39 is 12.1 Å². The molecule has 1 heterocycles. The van der Waals surface area contributed by atoms with E-state index >= 15 is 0 Å². The third-order valence-corrected chi connectivity index (χ3v) is 2.78. The molecule has 2 atom stereocenters. The predicted molar refractivity (Wildman–Crippen MR) is 62.2 cm³/mol. The van der Waals surface area contributed by atoms with E-state index in [0.29, 0.717) is 30.8 Å². The lowest BCUT2D eigenvalue weighted by molar-refractivity contribution is -0.149. The monoisotopic (exact) mass is 247 g/mol. The highest BCUT2D eigenvalue weighted by Crippen LogP contribution is 2.21. The summed E-state index contributed by atoms with van der Waals surface area (Å²) < 4.78 is 10.8. The maximum Gasteiger partial charge on any atom is 0.332 e. The summed E-state index contributed by atoms with van der Waals surface area (Å²) in [4.78, 5) is 10.7. The van der Waals surface area contributed by atoms with Crippen LogP contribution in [0.3, 0.4) is 0 Å². The van der Waals surface area contributed by atoms with Gasteiger partial charge in [-0.3, -0.25) is 0 Å². The lowest BCUT2D eigenvalue weighted by atomic mass is 10.2. The lowest BCUT2D eigenvalue weighted by Gasteiger charge is -2.12. The average molecular weight is 247 g/mol. The number of hydrogen-bond acceptors (Lipinski definition) is 4. The van der Waals surface area contributed by atoms with Crippen LogP contribution in [0.4, 0.5) is 0 Å². The topological polar surface area (TPSA) is 79.5 Å². The van der Waals surface area contributed by atoms with Crippen LogP contribution in [-0.2, 0) is 9.53 Å². The molecule has 1 aliphatic heterocycles. The smallest absolute Gasteiger partial charge is 0.332 e. The summed E-state index contributed by atoms with van der Waals surface area (Å²) in [6.45, 7) is 0.304. The van der Waals surface area contributed by atoms with Crippen molar-refractivity contribution >= 4 is 5.97 Å². The molecule has 2 unspecified atom stereocenters. The fourth-order valence-corrected chi connectivity index (χ4v) is 1.85. The van der Waals surface area contributed by atoms with Gasteiger partial charge in [0.15, 0.2) is 6.10 Å². The second-order valence-corrected chi connectivity index (χ2v) is 4.11. The number of carboxylic acid groups (broad SMARTS) is 1. The fourth-order valence-electron chi connectivity index (χ4n) is 1.85. The van der Waals surface area contributed by atoms with Crippen LogP contribution in [0, 0.1) is 11.3 Å². The summed E-state index contributed by atoms with van der Waals surface area (Å²) >= 11 is 0. The number of aliphatic carboxylic acids is 1. The van der Waals surface area contributed by atoms with E-state index in [1.165, 1.54) is 0 Å². The van der Waals surface area contributed by atoms with Crippen LogP contribution in [0.15, 0.2) is 24.3 Å². The minimum absolute atomic E-state index is 0.197. The van der Waals surface area contributed by atoms with Gasteiger partial charge in [0, 0.05) is 0 Å². The zero-order valence-electron chi connectivity index (χ0n) is 9.70. The molecule has 1 fully saturated rings. The Morgan fingerprint density at radius 2 is 2.39 bits per heavy atom. The van der Waals surface area contributed by atoms with Gasteiger partial charge in [0.2, 0.25) is 0 Å². The quantitative estimate of drug-likeness (QED) is 0.873. The third-order valence-electron chi connectivity index (χ3n) is 2.78. The molecule has 0 spiro atoms. The van der Waals surface area contributed by atoms with E-state index in [0.717, 1.165) is 0 Å². The summed E-state index contributed by atoms with van der Waals surface area (Å²) in [7, 11) is 0. The van der Waals surface area contributed by atoms with Gasteiger partial charge < -0.3 is 14.6 Å². The highest BCUT2D eigenvalue weighted by atomic mass is 16.6. The van der Waals surface area contributed by atoms with Gasteiger partial charge >= 0.3 is 5.97 Å². The number of rotatable bonds is 4. The van der Waals surface area contributed by atoms with E-state index in [1.807, 2.05) is 6.07 Å². The lowest BCUT2D eigenvalue weighted by Crippen LogP contribution is -2.23. The second kappa shape index (κ2) is 5.52. The Balaban J connectivity index is 1.85. The maximum atomic E-state index is 10.7. The van der Waals surface area contributed by atoms with Crippen LogP contribution in [0.5, 0.6) is 5.75 Å². The molecule has 5 heteroatoms. The minimum Gasteiger partial charge on any atom is -0.491 e. The Morgan fingerprint density at radius 3 is 3.06 bits per heavy atom. The molecule has 0 aliphatic carbocycles. The number of nitrogens with zero attached hydrogens (tertiary/aromatic N) is 1. The van der Waals surface area contributed by atoms with Crippen LogP contribution in [0.25, 0.3) is 0 Å². The first-order valence-corrected chi connectivity index (χ1v) is 5.70. The Labute approximate surface area is 105 Å². The van der Waals surface area contributed by atoms with Crippen LogP contribution >= 0.6 is 0 Å². The molecule has 1 aromatic carbocycles. The van der Waals surface area contributed by atoms with Crippen LogP contribution in [-0.4, -0.2) is 29.9 Å². The first kappa shape index (κ1) is 12.4. The number of nitriles is 1. The molecule has 2 rings (SSSR count). The molecular formula is C13H13NO4. The Hall–Kier alpha value is -2.06. The molecule has 94 valence electrons. The van der Waals surface area contributed by atoms with Crippen molar-refractivity contribution in [1.29, 1.82) is 5.26 Å². The number of benzene rings is 1. The second-order valence-electron chi connectivity index (χ2n) is 4.11. The van der Waals surface area contributed by atoms with E-state index in [1.54, 1.807) is 24.3 Å². The Kier molecular flexibility index (Phi) is 3.80. The van der Waals surface area contributed by atoms with Crippen molar-refractivity contribution in [1.82, 2.24) is 0 Å². The van der Waals surface area contributed by atoms with Crippen molar-refractivity contribution < 1.29 is 19.4 Å². The molecule has 1 aromatic rings. The number of carboxylic acids is 1. The van der Waals surface area contributed by atoms with Gasteiger partial charge in [-0.05, 0) is 31.0 Å². The summed E-state index contributed by atoms with van der Waals surface area (Å²) in [5, 5.41) is 17.5. The van der Waals surface area contributed by atoms with Gasteiger partial charge in [-0.1, -0.05) is 6.07 Å². The molecule has 1 aliphatic rings. The normalized spacial score (nSPS) is 22.4. The summed E-state index contributed by atoms with van der Waals surface area (Å²) in [5.74, 6) is -0.333. The van der Waals surface area contributed by atoms with Gasteiger partial charge in [-0.25, -0.2) is 4.79 Å². The first-order valence-electron chi connectivity index (χ1n) is 5.70. The molecule has 1 N–H and O–H groups in total. The molecule has 1 saturated heterocycles. The van der Waals surface area contributed by atoms with Crippen molar-refractivity contribution in [3.05, 3.63) is 29.8 Å². The molecule has 0 amide bonds. The van der Waals surface area contributed by atoms with Gasteiger partial charge in [-0.15, -0.1) is 0 Å². The van der Waals surface area contributed by atoms with Crippen molar-refractivity contribution in [2.45, 2.75) is 25.0 Å². The Bertz CT molecular complexity index is 480. The van der Waals surface area contributed by atoms with Gasteiger partial charge in [-0.2, -0.15) is 5.26 Å². The average Bonchev–Trinajstić information content (AvgIpc) is 2.85. The molecule has 0 bridgehead atoms. The maximum absolute atomic E-state index is 10.7. The molecule has 0 radical (unpaired) electrons. The van der Waals surface area contributed by atoms with Gasteiger partial charge in [0.05, 0.1) is 17.7 Å². The van der Waals surface area contributed by atoms with Crippen LogP contribution in [0.1, 0.15) is 18.4 Å². The zero-order valence-corrected chi connectivity index (χ0v) is 9.70. The third kappa shape index (κ3) is 2.99. The SMILES string of the molecule is N#Cc1cccc(OCC2CCC(C(=O)O)O2)c1. The number of carbonyl (C=O) groups is 1. The molecule has 0 aromatic heterocycles. The standard InChI is InChI=1S/C13H13NO4/c14-7-9-2-1-3-10(6-9)17-8-11-4-5-12(18-11)13(15)16/h1-3,6,11-12H,4-5,8H2,(H,15,16). The number of hydrogen-bond donors (Lipinski definition) is 1. The van der Waals surface area contributed by atoms with Crippen LogP contribution in [0.2, 0.25) is 0 Å². The molecule has 5 nitrogen and oxygen atoms in total. The predicted octanol–water partition coefficient (Wildman–Crippen LogP) is 1.57. The van der Waals surface area contributed by atoms with Gasteiger partial charge in [0.25, 0.3) is 0 Å². The van der Waals surface area contributed by atoms with Crippen molar-refractivity contribution in [2.75, 3.05) is 6.61 Å².